The third kappa shape index (κ3) is 3.47. The van der Waals surface area contributed by atoms with Crippen molar-refractivity contribution in [2.24, 2.45) is 0 Å². The van der Waals surface area contributed by atoms with Gasteiger partial charge in [0.1, 0.15) is 5.75 Å². The second-order valence-electron chi connectivity index (χ2n) is 5.10. The number of sulfonamides is 1. The zero-order valence-corrected chi connectivity index (χ0v) is 13.2. The van der Waals surface area contributed by atoms with E-state index >= 15 is 0 Å². The van der Waals surface area contributed by atoms with E-state index in [1.165, 1.54) is 4.31 Å². The number of benzene rings is 1. The lowest BCUT2D eigenvalue weighted by molar-refractivity contribution is -0.127. The van der Waals surface area contributed by atoms with Gasteiger partial charge in [0.15, 0.2) is 6.10 Å². The van der Waals surface area contributed by atoms with Crippen molar-refractivity contribution in [3.05, 3.63) is 23.8 Å². The zero-order valence-electron chi connectivity index (χ0n) is 12.4. The van der Waals surface area contributed by atoms with Crippen LogP contribution in [0.4, 0.5) is 5.69 Å². The molecule has 0 saturated carbocycles. The lowest BCUT2D eigenvalue weighted by atomic mass is 10.2. The van der Waals surface area contributed by atoms with E-state index in [0.29, 0.717) is 24.4 Å². The lowest BCUT2D eigenvalue weighted by Crippen LogP contribution is -2.39. The van der Waals surface area contributed by atoms with Crippen LogP contribution in [0.3, 0.4) is 0 Å². The largest absolute Gasteiger partial charge is 0.478 e. The summed E-state index contributed by atoms with van der Waals surface area (Å²) >= 11 is 0. The number of fused-ring (bicyclic) bond motifs is 1. The number of likely N-dealkylation sites (N-methyl/N-ethyl adjacent to an activating group) is 1. The van der Waals surface area contributed by atoms with E-state index in [9.17, 15) is 13.2 Å². The van der Waals surface area contributed by atoms with Crippen LogP contribution in [0, 0.1) is 6.92 Å². The van der Waals surface area contributed by atoms with Crippen LogP contribution in [-0.4, -0.2) is 39.8 Å². The van der Waals surface area contributed by atoms with Gasteiger partial charge in [-0.3, -0.25) is 9.10 Å². The Hall–Kier alpha value is -1.76. The van der Waals surface area contributed by atoms with Gasteiger partial charge in [-0.1, -0.05) is 6.07 Å². The molecule has 1 amide bonds. The molecule has 1 aromatic rings. The summed E-state index contributed by atoms with van der Waals surface area (Å²) in [6, 6.07) is 5.30. The molecule has 0 unspecified atom stereocenters. The average Bonchev–Trinajstić information content (AvgIpc) is 2.57. The van der Waals surface area contributed by atoms with Crippen LogP contribution in [0.15, 0.2) is 18.2 Å². The highest BCUT2D eigenvalue weighted by atomic mass is 32.2. The molecule has 0 fully saturated rings. The maximum atomic E-state index is 12.0. The van der Waals surface area contributed by atoms with E-state index in [0.717, 1.165) is 11.8 Å². The topological polar surface area (TPSA) is 75.7 Å². The Labute approximate surface area is 125 Å². The molecule has 1 N–H and O–H groups in total. The Kier molecular flexibility index (Phi) is 4.41. The van der Waals surface area contributed by atoms with Crippen molar-refractivity contribution in [1.29, 1.82) is 0 Å². The molecule has 0 aliphatic carbocycles. The molecule has 1 aliphatic rings. The number of amides is 1. The van der Waals surface area contributed by atoms with Crippen LogP contribution in [0.2, 0.25) is 0 Å². The van der Waals surface area contributed by atoms with Crippen LogP contribution in [0.1, 0.15) is 18.9 Å². The van der Waals surface area contributed by atoms with Crippen LogP contribution < -0.4 is 14.4 Å². The predicted octanol–water partition coefficient (Wildman–Crippen LogP) is 1.05. The third-order valence-electron chi connectivity index (χ3n) is 3.29. The highest BCUT2D eigenvalue weighted by Crippen LogP contribution is 2.34. The molecule has 0 saturated heterocycles. The van der Waals surface area contributed by atoms with Gasteiger partial charge in [0.2, 0.25) is 10.0 Å². The Bertz CT molecular complexity index is 642. The highest BCUT2D eigenvalue weighted by Gasteiger charge is 2.30. The molecular weight excluding hydrogens is 292 g/mol. The monoisotopic (exact) mass is 312 g/mol. The van der Waals surface area contributed by atoms with Gasteiger partial charge >= 0.3 is 0 Å². The number of carbonyl (C=O) groups excluding carboxylic acids is 1. The minimum Gasteiger partial charge on any atom is -0.478 e. The van der Waals surface area contributed by atoms with E-state index in [4.69, 9.17) is 4.74 Å². The van der Waals surface area contributed by atoms with Crippen LogP contribution in [0.5, 0.6) is 5.75 Å². The molecule has 1 heterocycles. The van der Waals surface area contributed by atoms with Gasteiger partial charge in [0.05, 0.1) is 11.9 Å². The van der Waals surface area contributed by atoms with E-state index in [-0.39, 0.29) is 12.5 Å². The van der Waals surface area contributed by atoms with Crippen molar-refractivity contribution in [3.8, 4) is 5.75 Å². The molecule has 7 heteroatoms. The normalized spacial score (nSPS) is 18.4. The maximum absolute atomic E-state index is 12.0. The third-order valence-corrected chi connectivity index (χ3v) is 4.47. The number of carbonyl (C=O) groups is 1. The molecule has 1 atom stereocenters. The first kappa shape index (κ1) is 15.6. The second kappa shape index (κ2) is 5.93. The number of aryl methyl sites for hydroxylation is 1. The Morgan fingerprint density at radius 2 is 2.19 bits per heavy atom. The number of rotatable bonds is 3. The first-order valence-electron chi connectivity index (χ1n) is 6.85. The zero-order chi connectivity index (χ0) is 15.6. The van der Waals surface area contributed by atoms with Gasteiger partial charge < -0.3 is 10.1 Å². The van der Waals surface area contributed by atoms with Gasteiger partial charge in [-0.05, 0) is 31.5 Å². The summed E-state index contributed by atoms with van der Waals surface area (Å²) in [6.45, 7) is 4.44. The molecule has 21 heavy (non-hydrogen) atoms. The Morgan fingerprint density at radius 3 is 2.81 bits per heavy atom. The van der Waals surface area contributed by atoms with Crippen LogP contribution >= 0.6 is 0 Å². The summed E-state index contributed by atoms with van der Waals surface area (Å²) in [5.74, 6) is 0.194. The molecule has 1 aliphatic heterocycles. The van der Waals surface area contributed by atoms with Gasteiger partial charge in [0.25, 0.3) is 5.91 Å². The summed E-state index contributed by atoms with van der Waals surface area (Å²) in [5, 5.41) is 2.71. The predicted molar refractivity (Wildman–Crippen MR) is 81.1 cm³/mol. The van der Waals surface area contributed by atoms with Crippen molar-refractivity contribution < 1.29 is 17.9 Å². The van der Waals surface area contributed by atoms with Gasteiger partial charge in [-0.25, -0.2) is 8.42 Å². The fraction of sp³-hybridized carbons (Fsp3) is 0.500. The molecule has 0 aromatic heterocycles. The lowest BCUT2D eigenvalue weighted by Gasteiger charge is -2.21. The molecule has 0 spiro atoms. The molecule has 1 aromatic carbocycles. The maximum Gasteiger partial charge on any atom is 0.261 e. The van der Waals surface area contributed by atoms with Gasteiger partial charge in [0, 0.05) is 19.5 Å². The molecular formula is C14H20N2O4S. The molecule has 0 bridgehead atoms. The van der Waals surface area contributed by atoms with Crippen LogP contribution in [-0.2, 0) is 14.8 Å². The average molecular weight is 312 g/mol. The number of nitrogens with zero attached hydrogens (tertiary/aromatic N) is 1. The summed E-state index contributed by atoms with van der Waals surface area (Å²) in [5.41, 5.74) is 1.42. The highest BCUT2D eigenvalue weighted by molar-refractivity contribution is 7.92. The summed E-state index contributed by atoms with van der Waals surface area (Å²) in [7, 11) is -3.42. The summed E-state index contributed by atoms with van der Waals surface area (Å²) in [6.07, 6.45) is 0.788. The van der Waals surface area contributed by atoms with Gasteiger partial charge in [-0.2, -0.15) is 0 Å². The molecule has 116 valence electrons. The molecule has 2 rings (SSSR count). The van der Waals surface area contributed by atoms with Gasteiger partial charge in [-0.15, -0.1) is 0 Å². The molecule has 0 radical (unpaired) electrons. The SMILES string of the molecule is CCNC(=O)[C@H]1CCN(S(C)(=O)=O)c2cc(C)ccc2O1. The summed E-state index contributed by atoms with van der Waals surface area (Å²) in [4.78, 5) is 12.0. The number of anilines is 1. The fourth-order valence-corrected chi connectivity index (χ4v) is 3.24. The van der Waals surface area contributed by atoms with Crippen molar-refractivity contribution in [2.45, 2.75) is 26.4 Å². The Morgan fingerprint density at radius 1 is 1.48 bits per heavy atom. The van der Waals surface area contributed by atoms with Crippen molar-refractivity contribution in [2.75, 3.05) is 23.7 Å². The van der Waals surface area contributed by atoms with E-state index < -0.39 is 16.1 Å². The molecule has 6 nitrogen and oxygen atoms in total. The smallest absolute Gasteiger partial charge is 0.261 e. The number of nitrogens with one attached hydrogen (secondary N) is 1. The van der Waals surface area contributed by atoms with E-state index in [2.05, 4.69) is 5.32 Å². The minimum atomic E-state index is -3.42. The van der Waals surface area contributed by atoms with E-state index in [1.54, 1.807) is 12.1 Å². The number of hydrogen-bond donors (Lipinski definition) is 1. The standard InChI is InChI=1S/C14H20N2O4S/c1-4-15-14(17)13-7-8-16(21(3,18)19)11-9-10(2)5-6-12(11)20-13/h5-6,9,13H,4,7-8H2,1-3H3,(H,15,17)/t13-/m1/s1. The quantitative estimate of drug-likeness (QED) is 0.905. The minimum absolute atomic E-state index is 0.219. The fourth-order valence-electron chi connectivity index (χ4n) is 2.31. The Balaban J connectivity index is 2.42. The number of ether oxygens (including phenoxy) is 1. The first-order valence-corrected chi connectivity index (χ1v) is 8.70. The summed E-state index contributed by atoms with van der Waals surface area (Å²) < 4.78 is 31.0. The van der Waals surface area contributed by atoms with Crippen molar-refractivity contribution in [3.63, 3.8) is 0 Å². The van der Waals surface area contributed by atoms with Crippen molar-refractivity contribution >= 4 is 21.6 Å². The first-order chi connectivity index (χ1) is 9.82. The van der Waals surface area contributed by atoms with Crippen molar-refractivity contribution in [1.82, 2.24) is 5.32 Å². The second-order valence-corrected chi connectivity index (χ2v) is 7.00. The van der Waals surface area contributed by atoms with E-state index in [1.807, 2.05) is 19.9 Å². The van der Waals surface area contributed by atoms with Crippen LogP contribution in [0.25, 0.3) is 0 Å². The number of hydrogen-bond acceptors (Lipinski definition) is 4.